The fourth-order valence-corrected chi connectivity index (χ4v) is 1.75. The van der Waals surface area contributed by atoms with E-state index in [9.17, 15) is 14.4 Å². The second-order valence-corrected chi connectivity index (χ2v) is 7.46. The van der Waals surface area contributed by atoms with E-state index in [2.05, 4.69) is 5.32 Å². The van der Waals surface area contributed by atoms with E-state index in [1.807, 2.05) is 0 Å². The SMILES string of the molecule is CC(=O)c1cc(NC(=O)OC(C)(C)C)ccc1OC(=O)OC(C)(C)C. The molecular weight excluding hydrogens is 326 g/mol. The molecule has 138 valence electrons. The number of hydrogen-bond acceptors (Lipinski definition) is 6. The Morgan fingerprint density at radius 1 is 0.920 bits per heavy atom. The zero-order valence-corrected chi connectivity index (χ0v) is 15.7. The molecule has 0 aliphatic rings. The summed E-state index contributed by atoms with van der Waals surface area (Å²) < 4.78 is 15.3. The van der Waals surface area contributed by atoms with Crippen LogP contribution in [0.5, 0.6) is 5.75 Å². The molecule has 1 amide bonds. The molecule has 7 nitrogen and oxygen atoms in total. The first-order valence-corrected chi connectivity index (χ1v) is 7.83. The van der Waals surface area contributed by atoms with Crippen LogP contribution in [0.1, 0.15) is 58.8 Å². The third-order valence-electron chi connectivity index (χ3n) is 2.59. The van der Waals surface area contributed by atoms with Crippen molar-refractivity contribution in [1.82, 2.24) is 0 Å². The monoisotopic (exact) mass is 351 g/mol. The lowest BCUT2D eigenvalue weighted by molar-refractivity contribution is 0.0205. The molecular formula is C18H25NO6. The molecule has 0 saturated heterocycles. The first-order valence-electron chi connectivity index (χ1n) is 7.83. The summed E-state index contributed by atoms with van der Waals surface area (Å²) in [7, 11) is 0. The molecule has 0 aliphatic heterocycles. The van der Waals surface area contributed by atoms with Gasteiger partial charge in [0.15, 0.2) is 5.78 Å². The van der Waals surface area contributed by atoms with Gasteiger partial charge in [-0.05, 0) is 66.7 Å². The number of Topliss-reactive ketones (excluding diaryl/α,β-unsaturated/α-hetero) is 1. The summed E-state index contributed by atoms with van der Waals surface area (Å²) in [5, 5.41) is 2.53. The summed E-state index contributed by atoms with van der Waals surface area (Å²) in [6.45, 7) is 11.7. The second kappa shape index (κ2) is 7.55. The van der Waals surface area contributed by atoms with Gasteiger partial charge >= 0.3 is 12.2 Å². The highest BCUT2D eigenvalue weighted by molar-refractivity contribution is 5.99. The van der Waals surface area contributed by atoms with Gasteiger partial charge in [0, 0.05) is 5.69 Å². The third-order valence-corrected chi connectivity index (χ3v) is 2.59. The average Bonchev–Trinajstić information content (AvgIpc) is 2.35. The molecule has 0 aromatic heterocycles. The van der Waals surface area contributed by atoms with Crippen LogP contribution < -0.4 is 10.1 Å². The number of carbonyl (C=O) groups excluding carboxylic acids is 3. The number of nitrogens with one attached hydrogen (secondary N) is 1. The van der Waals surface area contributed by atoms with E-state index >= 15 is 0 Å². The number of amides is 1. The predicted octanol–water partition coefficient (Wildman–Crippen LogP) is 4.55. The van der Waals surface area contributed by atoms with Crippen molar-refractivity contribution in [3.05, 3.63) is 23.8 Å². The Morgan fingerprint density at radius 3 is 1.96 bits per heavy atom. The summed E-state index contributed by atoms with van der Waals surface area (Å²) in [5.74, 6) is -0.275. The van der Waals surface area contributed by atoms with Crippen molar-refractivity contribution in [2.24, 2.45) is 0 Å². The Kier molecular flexibility index (Phi) is 6.18. The van der Waals surface area contributed by atoms with E-state index < -0.39 is 23.5 Å². The summed E-state index contributed by atoms with van der Waals surface area (Å²) in [4.78, 5) is 35.4. The van der Waals surface area contributed by atoms with Gasteiger partial charge in [0.05, 0.1) is 5.56 Å². The van der Waals surface area contributed by atoms with Crippen LogP contribution >= 0.6 is 0 Å². The number of benzene rings is 1. The summed E-state index contributed by atoms with van der Waals surface area (Å²) >= 11 is 0. The molecule has 0 heterocycles. The van der Waals surface area contributed by atoms with Crippen LogP contribution in [0, 0.1) is 0 Å². The number of anilines is 1. The number of ketones is 1. The Balaban J connectivity index is 2.95. The van der Waals surface area contributed by atoms with Crippen LogP contribution in [0.2, 0.25) is 0 Å². The molecule has 0 radical (unpaired) electrons. The average molecular weight is 351 g/mol. The zero-order chi connectivity index (χ0) is 19.4. The first kappa shape index (κ1) is 20.5. The van der Waals surface area contributed by atoms with Gasteiger partial charge in [-0.25, -0.2) is 9.59 Å². The second-order valence-electron chi connectivity index (χ2n) is 7.46. The van der Waals surface area contributed by atoms with Crippen molar-refractivity contribution in [1.29, 1.82) is 0 Å². The van der Waals surface area contributed by atoms with E-state index in [1.165, 1.54) is 25.1 Å². The first-order chi connectivity index (χ1) is 11.3. The Morgan fingerprint density at radius 2 is 1.48 bits per heavy atom. The summed E-state index contributed by atoms with van der Waals surface area (Å²) in [6.07, 6.45) is -1.56. The van der Waals surface area contributed by atoms with E-state index in [0.717, 1.165) is 0 Å². The maximum absolute atomic E-state index is 11.8. The van der Waals surface area contributed by atoms with Crippen molar-refractivity contribution in [2.45, 2.75) is 59.7 Å². The molecule has 25 heavy (non-hydrogen) atoms. The zero-order valence-electron chi connectivity index (χ0n) is 15.7. The minimum absolute atomic E-state index is 0.0523. The molecule has 1 aromatic carbocycles. The fraction of sp³-hybridized carbons (Fsp3) is 0.500. The van der Waals surface area contributed by atoms with Gasteiger partial charge in [-0.3, -0.25) is 10.1 Å². The maximum atomic E-state index is 11.8. The van der Waals surface area contributed by atoms with Crippen molar-refractivity contribution in [3.63, 3.8) is 0 Å². The Labute approximate surface area is 147 Å². The topological polar surface area (TPSA) is 90.9 Å². The van der Waals surface area contributed by atoms with Crippen LogP contribution in [0.15, 0.2) is 18.2 Å². The van der Waals surface area contributed by atoms with Crippen LogP contribution in [-0.2, 0) is 9.47 Å². The number of hydrogen-bond donors (Lipinski definition) is 1. The molecule has 1 aromatic rings. The van der Waals surface area contributed by atoms with Gasteiger partial charge < -0.3 is 14.2 Å². The van der Waals surface area contributed by atoms with Gasteiger partial charge in [0.1, 0.15) is 17.0 Å². The molecule has 0 aliphatic carbocycles. The lowest BCUT2D eigenvalue weighted by atomic mass is 10.1. The van der Waals surface area contributed by atoms with Crippen LogP contribution in [0.25, 0.3) is 0 Å². The molecule has 0 saturated carbocycles. The van der Waals surface area contributed by atoms with Gasteiger partial charge in [-0.1, -0.05) is 0 Å². The smallest absolute Gasteiger partial charge is 0.444 e. The van der Waals surface area contributed by atoms with Gasteiger partial charge in [0.25, 0.3) is 0 Å². The normalized spacial score (nSPS) is 11.5. The highest BCUT2D eigenvalue weighted by Crippen LogP contribution is 2.25. The molecule has 0 spiro atoms. The largest absolute Gasteiger partial charge is 0.514 e. The van der Waals surface area contributed by atoms with E-state index in [1.54, 1.807) is 41.5 Å². The van der Waals surface area contributed by atoms with Crippen molar-refractivity contribution in [2.75, 3.05) is 5.32 Å². The Bertz CT molecular complexity index is 667. The van der Waals surface area contributed by atoms with Gasteiger partial charge in [-0.2, -0.15) is 0 Å². The highest BCUT2D eigenvalue weighted by atomic mass is 16.7. The van der Waals surface area contributed by atoms with Crippen molar-refractivity contribution < 1.29 is 28.6 Å². The van der Waals surface area contributed by atoms with Crippen molar-refractivity contribution >= 4 is 23.7 Å². The van der Waals surface area contributed by atoms with Crippen LogP contribution in [-0.4, -0.2) is 29.2 Å². The van der Waals surface area contributed by atoms with Gasteiger partial charge in [-0.15, -0.1) is 0 Å². The van der Waals surface area contributed by atoms with Crippen molar-refractivity contribution in [3.8, 4) is 5.75 Å². The molecule has 0 fully saturated rings. The molecule has 7 heteroatoms. The van der Waals surface area contributed by atoms with E-state index in [0.29, 0.717) is 5.69 Å². The lowest BCUT2D eigenvalue weighted by Gasteiger charge is -2.20. The quantitative estimate of drug-likeness (QED) is 0.488. The van der Waals surface area contributed by atoms with E-state index in [4.69, 9.17) is 14.2 Å². The lowest BCUT2D eigenvalue weighted by Crippen LogP contribution is -2.27. The summed E-state index contributed by atoms with van der Waals surface area (Å²) in [6, 6.07) is 4.31. The number of carbonyl (C=O) groups is 3. The fourth-order valence-electron chi connectivity index (χ4n) is 1.75. The standard InChI is InChI=1S/C18H25NO6/c1-11(20)13-10-12(19-15(21)24-17(2,3)4)8-9-14(13)23-16(22)25-18(5,6)7/h8-10H,1-7H3,(H,19,21). The molecule has 1 N–H and O–H groups in total. The predicted molar refractivity (Wildman–Crippen MR) is 93.2 cm³/mol. The molecule has 1 rings (SSSR count). The Hall–Kier alpha value is -2.57. The van der Waals surface area contributed by atoms with Gasteiger partial charge in [0.2, 0.25) is 0 Å². The number of rotatable bonds is 3. The molecule has 0 bridgehead atoms. The van der Waals surface area contributed by atoms with Crippen LogP contribution in [0.4, 0.5) is 15.3 Å². The molecule has 0 unspecified atom stereocenters. The highest BCUT2D eigenvalue weighted by Gasteiger charge is 2.21. The maximum Gasteiger partial charge on any atom is 0.514 e. The minimum Gasteiger partial charge on any atom is -0.444 e. The van der Waals surface area contributed by atoms with Crippen LogP contribution in [0.3, 0.4) is 0 Å². The molecule has 0 atom stereocenters. The summed E-state index contributed by atoms with van der Waals surface area (Å²) in [5.41, 5.74) is -0.880. The third kappa shape index (κ3) is 7.69. The minimum atomic E-state index is -0.914. The number of ether oxygens (including phenoxy) is 3. The van der Waals surface area contributed by atoms with E-state index in [-0.39, 0.29) is 17.1 Å².